The van der Waals surface area contributed by atoms with Gasteiger partial charge in [-0.15, -0.1) is 0 Å². The molecule has 1 fully saturated rings. The summed E-state index contributed by atoms with van der Waals surface area (Å²) in [6.07, 6.45) is 4.82. The molecule has 0 bridgehead atoms. The van der Waals surface area contributed by atoms with E-state index in [-0.39, 0.29) is 0 Å². The van der Waals surface area contributed by atoms with Gasteiger partial charge in [-0.1, -0.05) is 0 Å². The van der Waals surface area contributed by atoms with Crippen molar-refractivity contribution in [3.05, 3.63) is 35.7 Å². The van der Waals surface area contributed by atoms with Crippen molar-refractivity contribution in [2.45, 2.75) is 25.3 Å². The Morgan fingerprint density at radius 2 is 2.25 bits per heavy atom. The Hall–Kier alpha value is -2.35. The predicted molar refractivity (Wildman–Crippen MR) is 73.7 cm³/mol. The number of hydrogen-bond acceptors (Lipinski definition) is 3. The molecule has 0 amide bonds. The summed E-state index contributed by atoms with van der Waals surface area (Å²) in [5, 5.41) is 17.3. The maximum Gasteiger partial charge on any atom is 0.328 e. The van der Waals surface area contributed by atoms with Gasteiger partial charge in [-0.05, 0) is 42.7 Å². The van der Waals surface area contributed by atoms with Crippen molar-refractivity contribution < 1.29 is 14.3 Å². The zero-order chi connectivity index (χ0) is 14.5. The zero-order valence-electron chi connectivity index (χ0n) is 10.9. The molecule has 0 heterocycles. The quantitative estimate of drug-likeness (QED) is 0.810. The van der Waals surface area contributed by atoms with E-state index in [1.54, 1.807) is 6.07 Å². The first-order valence-electron chi connectivity index (χ1n) is 6.45. The van der Waals surface area contributed by atoms with Gasteiger partial charge in [0.1, 0.15) is 5.82 Å². The molecule has 2 rings (SSSR count). The molecule has 0 spiro atoms. The lowest BCUT2D eigenvalue weighted by molar-refractivity contribution is -0.131. The van der Waals surface area contributed by atoms with E-state index in [4.69, 9.17) is 10.4 Å². The van der Waals surface area contributed by atoms with Crippen LogP contribution in [0.3, 0.4) is 0 Å². The number of rotatable bonds is 6. The summed E-state index contributed by atoms with van der Waals surface area (Å²) in [4.78, 5) is 12.5. The lowest BCUT2D eigenvalue weighted by atomic mass is 10.1. The van der Waals surface area contributed by atoms with Crippen LogP contribution in [-0.2, 0) is 4.79 Å². The van der Waals surface area contributed by atoms with E-state index in [1.165, 1.54) is 18.2 Å². The number of aliphatic carboxylic acids is 1. The first-order chi connectivity index (χ1) is 9.60. The van der Waals surface area contributed by atoms with Gasteiger partial charge >= 0.3 is 5.97 Å². The van der Waals surface area contributed by atoms with Crippen LogP contribution in [0.2, 0.25) is 0 Å². The summed E-state index contributed by atoms with van der Waals surface area (Å²) < 4.78 is 13.6. The highest BCUT2D eigenvalue weighted by atomic mass is 19.1. The van der Waals surface area contributed by atoms with Crippen LogP contribution in [-0.4, -0.2) is 23.7 Å². The van der Waals surface area contributed by atoms with Crippen molar-refractivity contribution in [1.82, 2.24) is 0 Å². The number of nitrogens with zero attached hydrogens (tertiary/aromatic N) is 2. The smallest absolute Gasteiger partial charge is 0.328 e. The third kappa shape index (κ3) is 3.82. The molecular weight excluding hydrogens is 259 g/mol. The standard InChI is InChI=1S/C15H15FN2O2/c16-12-8-11(2-5-15(19)20)9-14(10-12)18(7-1-6-17)13-3-4-13/h2,5,8-10,13H,1,3-4,7H2,(H,19,20)/b5-2+. The lowest BCUT2D eigenvalue weighted by Crippen LogP contribution is -2.26. The first kappa shape index (κ1) is 14.1. The van der Waals surface area contributed by atoms with Gasteiger partial charge in [-0.3, -0.25) is 0 Å². The molecule has 1 saturated carbocycles. The molecule has 20 heavy (non-hydrogen) atoms. The molecule has 4 nitrogen and oxygen atoms in total. The summed E-state index contributed by atoms with van der Waals surface area (Å²) in [7, 11) is 0. The van der Waals surface area contributed by atoms with Crippen LogP contribution in [0, 0.1) is 17.1 Å². The molecule has 1 aromatic carbocycles. The van der Waals surface area contributed by atoms with Crippen LogP contribution < -0.4 is 4.90 Å². The SMILES string of the molecule is N#CCCN(c1cc(F)cc(/C=C/C(=O)O)c1)C1CC1. The molecule has 1 N–H and O–H groups in total. The van der Waals surface area contributed by atoms with Crippen LogP contribution in [0.15, 0.2) is 24.3 Å². The van der Waals surface area contributed by atoms with Gasteiger partial charge in [0, 0.05) is 24.4 Å². The number of halogens is 1. The van der Waals surface area contributed by atoms with Gasteiger partial charge in [0.25, 0.3) is 0 Å². The van der Waals surface area contributed by atoms with E-state index in [9.17, 15) is 9.18 Å². The number of benzene rings is 1. The summed E-state index contributed by atoms with van der Waals surface area (Å²) in [6.45, 7) is 0.562. The Kier molecular flexibility index (Phi) is 4.36. The second-order valence-corrected chi connectivity index (χ2v) is 4.75. The van der Waals surface area contributed by atoms with Gasteiger partial charge in [-0.25, -0.2) is 9.18 Å². The van der Waals surface area contributed by atoms with Crippen molar-refractivity contribution >= 4 is 17.7 Å². The van der Waals surface area contributed by atoms with E-state index in [1.807, 2.05) is 4.90 Å². The highest BCUT2D eigenvalue weighted by Crippen LogP contribution is 2.32. The minimum Gasteiger partial charge on any atom is -0.478 e. The van der Waals surface area contributed by atoms with E-state index in [0.717, 1.165) is 18.9 Å². The molecule has 0 atom stereocenters. The van der Waals surface area contributed by atoms with Gasteiger partial charge in [-0.2, -0.15) is 5.26 Å². The monoisotopic (exact) mass is 274 g/mol. The Morgan fingerprint density at radius 1 is 1.50 bits per heavy atom. The second kappa shape index (κ2) is 6.20. The van der Waals surface area contributed by atoms with E-state index in [2.05, 4.69) is 6.07 Å². The van der Waals surface area contributed by atoms with Crippen molar-refractivity contribution in [3.63, 3.8) is 0 Å². The average Bonchev–Trinajstić information content (AvgIpc) is 3.21. The topological polar surface area (TPSA) is 64.3 Å². The van der Waals surface area contributed by atoms with Crippen LogP contribution in [0.25, 0.3) is 6.08 Å². The molecular formula is C15H15FN2O2. The molecule has 5 heteroatoms. The van der Waals surface area contributed by atoms with Gasteiger partial charge in [0.05, 0.1) is 12.5 Å². The lowest BCUT2D eigenvalue weighted by Gasteiger charge is -2.24. The first-order valence-corrected chi connectivity index (χ1v) is 6.45. The predicted octanol–water partition coefficient (Wildman–Crippen LogP) is 2.81. The number of anilines is 1. The van der Waals surface area contributed by atoms with Crippen molar-refractivity contribution in [2.75, 3.05) is 11.4 Å². The van der Waals surface area contributed by atoms with E-state index in [0.29, 0.717) is 30.3 Å². The van der Waals surface area contributed by atoms with Gasteiger partial charge in [0.15, 0.2) is 0 Å². The van der Waals surface area contributed by atoms with Crippen LogP contribution in [0.5, 0.6) is 0 Å². The average molecular weight is 274 g/mol. The number of carbonyl (C=O) groups is 1. The highest BCUT2D eigenvalue weighted by molar-refractivity contribution is 5.85. The molecule has 0 unspecified atom stereocenters. The Bertz CT molecular complexity index is 574. The third-order valence-electron chi connectivity index (χ3n) is 3.11. The molecule has 1 aliphatic carbocycles. The summed E-state index contributed by atoms with van der Waals surface area (Å²) >= 11 is 0. The van der Waals surface area contributed by atoms with Crippen LogP contribution in [0.1, 0.15) is 24.8 Å². The maximum atomic E-state index is 13.6. The molecule has 0 aliphatic heterocycles. The zero-order valence-corrected chi connectivity index (χ0v) is 10.9. The van der Waals surface area contributed by atoms with Crippen molar-refractivity contribution in [2.24, 2.45) is 0 Å². The summed E-state index contributed by atoms with van der Waals surface area (Å²) in [5.41, 5.74) is 1.21. The van der Waals surface area contributed by atoms with Crippen LogP contribution in [0.4, 0.5) is 10.1 Å². The third-order valence-corrected chi connectivity index (χ3v) is 3.11. The molecule has 1 aliphatic rings. The fourth-order valence-electron chi connectivity index (χ4n) is 2.10. The minimum absolute atomic E-state index is 0.362. The molecule has 0 radical (unpaired) electrons. The molecule has 1 aromatic rings. The number of hydrogen-bond donors (Lipinski definition) is 1. The molecule has 0 saturated heterocycles. The number of nitriles is 1. The highest BCUT2D eigenvalue weighted by Gasteiger charge is 2.29. The Morgan fingerprint density at radius 3 is 2.85 bits per heavy atom. The van der Waals surface area contributed by atoms with Gasteiger partial charge < -0.3 is 10.0 Å². The summed E-state index contributed by atoms with van der Waals surface area (Å²) in [6, 6.07) is 6.92. The normalized spacial score (nSPS) is 14.2. The second-order valence-electron chi connectivity index (χ2n) is 4.75. The van der Waals surface area contributed by atoms with Crippen molar-refractivity contribution in [3.8, 4) is 6.07 Å². The Balaban J connectivity index is 2.25. The largest absolute Gasteiger partial charge is 0.478 e. The van der Waals surface area contributed by atoms with Crippen molar-refractivity contribution in [1.29, 1.82) is 5.26 Å². The Labute approximate surface area is 116 Å². The van der Waals surface area contributed by atoms with Gasteiger partial charge in [0.2, 0.25) is 0 Å². The fraction of sp³-hybridized carbons (Fsp3) is 0.333. The fourth-order valence-corrected chi connectivity index (χ4v) is 2.10. The number of carboxylic acid groups (broad SMARTS) is 1. The molecule has 0 aromatic heterocycles. The molecule has 104 valence electrons. The van der Waals surface area contributed by atoms with E-state index < -0.39 is 11.8 Å². The van der Waals surface area contributed by atoms with E-state index >= 15 is 0 Å². The minimum atomic E-state index is -1.07. The number of carboxylic acids is 1. The summed E-state index contributed by atoms with van der Waals surface area (Å²) in [5.74, 6) is -1.48. The van der Waals surface area contributed by atoms with Crippen LogP contribution >= 0.6 is 0 Å². The maximum absolute atomic E-state index is 13.6.